The second-order valence-electron chi connectivity index (χ2n) is 7.09. The highest BCUT2D eigenvalue weighted by Gasteiger charge is 2.40. The minimum Gasteiger partial charge on any atom is -0.338 e. The Morgan fingerprint density at radius 2 is 2.15 bits per heavy atom. The molecule has 3 heterocycles. The van der Waals surface area contributed by atoms with Gasteiger partial charge in [-0.1, -0.05) is 6.92 Å². The van der Waals surface area contributed by atoms with Crippen LogP contribution in [0.15, 0.2) is 6.07 Å². The number of hydrogen-bond donors (Lipinski definition) is 1. The minimum absolute atomic E-state index is 0. The lowest BCUT2D eigenvalue weighted by atomic mass is 9.83. The van der Waals surface area contributed by atoms with Crippen molar-refractivity contribution in [3.05, 3.63) is 17.5 Å². The van der Waals surface area contributed by atoms with Gasteiger partial charge in [0.25, 0.3) is 5.91 Å². The van der Waals surface area contributed by atoms with Crippen LogP contribution in [0.5, 0.6) is 0 Å². The van der Waals surface area contributed by atoms with Gasteiger partial charge in [0.05, 0.1) is 5.69 Å². The summed E-state index contributed by atoms with van der Waals surface area (Å²) in [6, 6.07) is 2.18. The van der Waals surface area contributed by atoms with Gasteiger partial charge in [-0.15, -0.1) is 12.4 Å². The lowest BCUT2D eigenvalue weighted by molar-refractivity contribution is -0.140. The molecule has 2 aliphatic heterocycles. The number of nitrogens with zero attached hydrogens (tertiary/aromatic N) is 4. The summed E-state index contributed by atoms with van der Waals surface area (Å²) in [4.78, 5) is 29.2. The second kappa shape index (κ2) is 8.86. The Bertz CT molecular complexity index is 648. The van der Waals surface area contributed by atoms with Crippen molar-refractivity contribution < 1.29 is 9.59 Å². The molecule has 2 fully saturated rings. The van der Waals surface area contributed by atoms with Gasteiger partial charge in [0.2, 0.25) is 5.91 Å². The highest BCUT2D eigenvalue weighted by molar-refractivity contribution is 5.92. The van der Waals surface area contributed by atoms with Gasteiger partial charge in [-0.25, -0.2) is 0 Å². The van der Waals surface area contributed by atoms with Gasteiger partial charge < -0.3 is 15.1 Å². The number of halogens is 1. The molecule has 8 heteroatoms. The molecule has 1 aromatic heterocycles. The summed E-state index contributed by atoms with van der Waals surface area (Å²) in [6.45, 7) is 5.05. The summed E-state index contributed by atoms with van der Waals surface area (Å²) in [6.07, 6.45) is 3.17. The van der Waals surface area contributed by atoms with E-state index in [0.29, 0.717) is 24.6 Å². The molecule has 0 spiro atoms. The van der Waals surface area contributed by atoms with Gasteiger partial charge in [-0.2, -0.15) is 5.10 Å². The van der Waals surface area contributed by atoms with E-state index in [1.165, 1.54) is 0 Å². The first-order valence-electron chi connectivity index (χ1n) is 9.31. The molecular formula is C18H30ClN5O2. The highest BCUT2D eigenvalue weighted by Crippen LogP contribution is 2.31. The number of likely N-dealkylation sites (N-methyl/N-ethyl adjacent to an activating group) is 1. The predicted molar refractivity (Wildman–Crippen MR) is 103 cm³/mol. The molecular weight excluding hydrogens is 354 g/mol. The number of carbonyl (C=O) groups is 2. The quantitative estimate of drug-likeness (QED) is 0.825. The number of nitrogens with one attached hydrogen (secondary N) is 1. The number of rotatable bonds is 5. The molecule has 0 radical (unpaired) electrons. The van der Waals surface area contributed by atoms with Crippen LogP contribution >= 0.6 is 12.4 Å². The summed E-state index contributed by atoms with van der Waals surface area (Å²) in [5.41, 5.74) is 1.61. The number of aromatic nitrogens is 2. The number of amides is 2. The lowest BCUT2D eigenvalue weighted by Crippen LogP contribution is -2.57. The van der Waals surface area contributed by atoms with E-state index in [1.54, 1.807) is 4.68 Å². The van der Waals surface area contributed by atoms with E-state index in [4.69, 9.17) is 0 Å². The zero-order valence-corrected chi connectivity index (χ0v) is 16.7. The van der Waals surface area contributed by atoms with E-state index in [2.05, 4.69) is 10.4 Å². The van der Waals surface area contributed by atoms with Crippen molar-refractivity contribution in [3.63, 3.8) is 0 Å². The van der Waals surface area contributed by atoms with E-state index in [1.807, 2.05) is 36.9 Å². The van der Waals surface area contributed by atoms with E-state index in [9.17, 15) is 9.59 Å². The van der Waals surface area contributed by atoms with Gasteiger partial charge in [0, 0.05) is 45.7 Å². The number of hydrogen-bond acceptors (Lipinski definition) is 4. The van der Waals surface area contributed by atoms with Crippen molar-refractivity contribution in [1.29, 1.82) is 0 Å². The molecule has 1 aromatic rings. The molecule has 0 saturated carbocycles. The Balaban J connectivity index is 0.00000243. The molecule has 2 amide bonds. The standard InChI is InChI=1S/C18H29N5O2.ClH/c1-4-14-11-16(21(3)20-14)18(25)22-9-7-15-13(12-22)5-6-17(24)23(15)10-8-19-2;/h11,13,15,19H,4-10,12H2,1-3H3;1H/t13-,15+;/m0./s1. The zero-order chi connectivity index (χ0) is 18.0. The first kappa shape index (κ1) is 20.7. The molecule has 3 rings (SSSR count). The Labute approximate surface area is 161 Å². The van der Waals surface area contributed by atoms with E-state index < -0.39 is 0 Å². The lowest BCUT2D eigenvalue weighted by Gasteiger charge is -2.47. The minimum atomic E-state index is 0. The second-order valence-corrected chi connectivity index (χ2v) is 7.09. The average molecular weight is 384 g/mol. The molecule has 1 N–H and O–H groups in total. The van der Waals surface area contributed by atoms with Crippen molar-refractivity contribution in [1.82, 2.24) is 24.9 Å². The number of likely N-dealkylation sites (tertiary alicyclic amines) is 2. The first-order chi connectivity index (χ1) is 12.0. The van der Waals surface area contributed by atoms with Crippen molar-refractivity contribution in [3.8, 4) is 0 Å². The fraction of sp³-hybridized carbons (Fsp3) is 0.722. The fourth-order valence-corrected chi connectivity index (χ4v) is 4.12. The molecule has 0 aromatic carbocycles. The van der Waals surface area contributed by atoms with Crippen molar-refractivity contribution in [2.75, 3.05) is 33.2 Å². The normalized spacial score (nSPS) is 22.8. The Hall–Kier alpha value is -1.60. The Kier molecular flexibility index (Phi) is 7.06. The molecule has 2 saturated heterocycles. The van der Waals surface area contributed by atoms with Crippen molar-refractivity contribution in [2.45, 2.75) is 38.6 Å². The highest BCUT2D eigenvalue weighted by atomic mass is 35.5. The van der Waals surface area contributed by atoms with Crippen molar-refractivity contribution in [2.24, 2.45) is 13.0 Å². The van der Waals surface area contributed by atoms with Crippen LogP contribution in [0.2, 0.25) is 0 Å². The van der Waals surface area contributed by atoms with Gasteiger partial charge in [0.15, 0.2) is 0 Å². The first-order valence-corrected chi connectivity index (χ1v) is 9.31. The van der Waals surface area contributed by atoms with Crippen LogP contribution in [-0.2, 0) is 18.3 Å². The molecule has 146 valence electrons. The molecule has 0 aliphatic carbocycles. The average Bonchev–Trinajstić information content (AvgIpc) is 3.01. The number of fused-ring (bicyclic) bond motifs is 1. The predicted octanol–water partition coefficient (Wildman–Crippen LogP) is 1.08. The molecule has 2 atom stereocenters. The summed E-state index contributed by atoms with van der Waals surface area (Å²) in [7, 11) is 3.74. The van der Waals surface area contributed by atoms with Crippen LogP contribution in [0.4, 0.5) is 0 Å². The molecule has 7 nitrogen and oxygen atoms in total. The topological polar surface area (TPSA) is 70.5 Å². The SMILES string of the molecule is CCc1cc(C(=O)N2CC[C@@H]3[C@@H](CCC(=O)N3CCNC)C2)n(C)n1.Cl. The number of carbonyl (C=O) groups excluding carboxylic acids is 2. The summed E-state index contributed by atoms with van der Waals surface area (Å²) in [5.74, 6) is 0.702. The third-order valence-corrected chi connectivity index (χ3v) is 5.55. The fourth-order valence-electron chi connectivity index (χ4n) is 4.12. The number of aryl methyl sites for hydroxylation is 2. The maximum Gasteiger partial charge on any atom is 0.272 e. The smallest absolute Gasteiger partial charge is 0.272 e. The largest absolute Gasteiger partial charge is 0.338 e. The zero-order valence-electron chi connectivity index (χ0n) is 15.9. The van der Waals surface area contributed by atoms with Gasteiger partial charge in [-0.3, -0.25) is 14.3 Å². The van der Waals surface area contributed by atoms with E-state index in [0.717, 1.165) is 44.6 Å². The van der Waals surface area contributed by atoms with Crippen LogP contribution in [0.1, 0.15) is 42.4 Å². The maximum atomic E-state index is 12.9. The van der Waals surface area contributed by atoms with Crippen LogP contribution in [-0.4, -0.2) is 70.7 Å². The van der Waals surface area contributed by atoms with Crippen LogP contribution < -0.4 is 5.32 Å². The van der Waals surface area contributed by atoms with Crippen LogP contribution in [0, 0.1) is 5.92 Å². The maximum absolute atomic E-state index is 12.9. The van der Waals surface area contributed by atoms with Gasteiger partial charge >= 0.3 is 0 Å². The van der Waals surface area contributed by atoms with Crippen LogP contribution in [0.3, 0.4) is 0 Å². The molecule has 2 aliphatic rings. The van der Waals surface area contributed by atoms with Gasteiger partial charge in [0.1, 0.15) is 5.69 Å². The van der Waals surface area contributed by atoms with Crippen molar-refractivity contribution >= 4 is 24.2 Å². The summed E-state index contributed by atoms with van der Waals surface area (Å²) in [5, 5.41) is 7.52. The molecule has 0 unspecified atom stereocenters. The van der Waals surface area contributed by atoms with E-state index in [-0.39, 0.29) is 30.3 Å². The molecule has 26 heavy (non-hydrogen) atoms. The Morgan fingerprint density at radius 1 is 1.38 bits per heavy atom. The third-order valence-electron chi connectivity index (χ3n) is 5.55. The summed E-state index contributed by atoms with van der Waals surface area (Å²) >= 11 is 0. The van der Waals surface area contributed by atoms with Crippen LogP contribution in [0.25, 0.3) is 0 Å². The van der Waals surface area contributed by atoms with Gasteiger partial charge in [-0.05, 0) is 38.3 Å². The summed E-state index contributed by atoms with van der Waals surface area (Å²) < 4.78 is 1.69. The van der Waals surface area contributed by atoms with E-state index >= 15 is 0 Å². The Morgan fingerprint density at radius 3 is 2.81 bits per heavy atom. The third kappa shape index (κ3) is 4.04. The number of piperidine rings is 2. The molecule has 0 bridgehead atoms. The monoisotopic (exact) mass is 383 g/mol.